The summed E-state index contributed by atoms with van der Waals surface area (Å²) in [5.74, 6) is 1.21. The van der Waals surface area contributed by atoms with Crippen LogP contribution in [-0.2, 0) is 0 Å². The number of pyridine rings is 1. The summed E-state index contributed by atoms with van der Waals surface area (Å²) in [6.45, 7) is 5.31. The highest BCUT2D eigenvalue weighted by atomic mass is 16.6. The van der Waals surface area contributed by atoms with Crippen LogP contribution in [0.15, 0.2) is 18.3 Å². The molecule has 0 amide bonds. The Labute approximate surface area is 120 Å². The van der Waals surface area contributed by atoms with Crippen molar-refractivity contribution >= 4 is 11.5 Å². The average molecular weight is 277 g/mol. The first-order chi connectivity index (χ1) is 9.59. The van der Waals surface area contributed by atoms with Crippen LogP contribution in [0.3, 0.4) is 0 Å². The molecule has 0 radical (unpaired) electrons. The Morgan fingerprint density at radius 3 is 3.00 bits per heavy atom. The minimum Gasteiger partial charge on any atom is -0.348 e. The van der Waals surface area contributed by atoms with E-state index in [2.05, 4.69) is 23.7 Å². The predicted octanol–water partition coefficient (Wildman–Crippen LogP) is 3.78. The minimum absolute atomic E-state index is 0.129. The van der Waals surface area contributed by atoms with Crippen LogP contribution in [0.2, 0.25) is 0 Å². The molecule has 0 aliphatic carbocycles. The van der Waals surface area contributed by atoms with Crippen LogP contribution in [0.25, 0.3) is 0 Å². The summed E-state index contributed by atoms with van der Waals surface area (Å²) in [6, 6.07) is 3.57. The number of nitrogens with zero attached hydrogens (tertiary/aromatic N) is 3. The maximum atomic E-state index is 11.2. The van der Waals surface area contributed by atoms with E-state index in [1.807, 2.05) is 0 Å². The summed E-state index contributed by atoms with van der Waals surface area (Å²) in [5, 5.41) is 11.2. The molecule has 5 heteroatoms. The number of aromatic nitrogens is 1. The van der Waals surface area contributed by atoms with Crippen LogP contribution in [0.5, 0.6) is 0 Å². The SMILES string of the molecule is CC(C)CC[C@H]1CCCCN1c1ncccc1[N+](=O)[O-]. The smallest absolute Gasteiger partial charge is 0.311 e. The van der Waals surface area contributed by atoms with E-state index in [9.17, 15) is 10.1 Å². The molecule has 0 aromatic carbocycles. The zero-order chi connectivity index (χ0) is 14.5. The third-order valence-electron chi connectivity index (χ3n) is 3.94. The van der Waals surface area contributed by atoms with Gasteiger partial charge in [0, 0.05) is 24.8 Å². The van der Waals surface area contributed by atoms with Crippen LogP contribution in [-0.4, -0.2) is 22.5 Å². The average Bonchev–Trinajstić information content (AvgIpc) is 2.45. The third-order valence-corrected chi connectivity index (χ3v) is 3.94. The van der Waals surface area contributed by atoms with Crippen molar-refractivity contribution in [2.24, 2.45) is 5.92 Å². The van der Waals surface area contributed by atoms with Crippen LogP contribution >= 0.6 is 0 Å². The number of anilines is 1. The van der Waals surface area contributed by atoms with Gasteiger partial charge in [-0.3, -0.25) is 10.1 Å². The van der Waals surface area contributed by atoms with Crippen molar-refractivity contribution in [3.05, 3.63) is 28.4 Å². The first-order valence-corrected chi connectivity index (χ1v) is 7.45. The van der Waals surface area contributed by atoms with E-state index in [-0.39, 0.29) is 10.6 Å². The summed E-state index contributed by atoms with van der Waals surface area (Å²) in [4.78, 5) is 17.3. The van der Waals surface area contributed by atoms with Crippen LogP contribution in [0.1, 0.15) is 46.0 Å². The van der Waals surface area contributed by atoms with Crippen molar-refractivity contribution in [3.63, 3.8) is 0 Å². The maximum Gasteiger partial charge on any atom is 0.311 e. The third kappa shape index (κ3) is 3.46. The quantitative estimate of drug-likeness (QED) is 0.607. The lowest BCUT2D eigenvalue weighted by molar-refractivity contribution is -0.384. The van der Waals surface area contributed by atoms with Crippen molar-refractivity contribution < 1.29 is 4.92 Å². The van der Waals surface area contributed by atoms with Gasteiger partial charge in [-0.05, 0) is 44.1 Å². The Balaban J connectivity index is 2.21. The highest BCUT2D eigenvalue weighted by Crippen LogP contribution is 2.32. The van der Waals surface area contributed by atoms with E-state index in [0.717, 1.165) is 32.2 Å². The normalized spacial score (nSPS) is 19.4. The second-order valence-corrected chi connectivity index (χ2v) is 5.92. The number of hydrogen-bond donors (Lipinski definition) is 0. The first-order valence-electron chi connectivity index (χ1n) is 7.45. The Kier molecular flexibility index (Phi) is 4.93. The number of nitro groups is 1. The van der Waals surface area contributed by atoms with Gasteiger partial charge < -0.3 is 4.90 Å². The molecule has 2 rings (SSSR count). The van der Waals surface area contributed by atoms with Gasteiger partial charge in [0.1, 0.15) is 0 Å². The van der Waals surface area contributed by atoms with Crippen LogP contribution in [0, 0.1) is 16.0 Å². The summed E-state index contributed by atoms with van der Waals surface area (Å²) in [7, 11) is 0. The molecule has 1 fully saturated rings. The molecule has 0 unspecified atom stereocenters. The molecule has 20 heavy (non-hydrogen) atoms. The van der Waals surface area contributed by atoms with E-state index in [1.54, 1.807) is 18.3 Å². The van der Waals surface area contributed by atoms with E-state index >= 15 is 0 Å². The molecule has 1 aromatic rings. The van der Waals surface area contributed by atoms with E-state index < -0.39 is 0 Å². The first kappa shape index (κ1) is 14.8. The lowest BCUT2D eigenvalue weighted by Crippen LogP contribution is -2.40. The van der Waals surface area contributed by atoms with Crippen molar-refractivity contribution in [2.75, 3.05) is 11.4 Å². The standard InChI is InChI=1S/C15H23N3O2/c1-12(2)8-9-13-6-3-4-11-17(13)15-14(18(19)20)7-5-10-16-15/h5,7,10,12-13H,3-4,6,8-9,11H2,1-2H3/t13-/m1/s1. The molecule has 1 aromatic heterocycles. The van der Waals surface area contributed by atoms with Gasteiger partial charge in [-0.25, -0.2) is 4.98 Å². The molecule has 0 N–H and O–H groups in total. The van der Waals surface area contributed by atoms with Crippen molar-refractivity contribution in [2.45, 2.75) is 52.0 Å². The van der Waals surface area contributed by atoms with Gasteiger partial charge in [0.2, 0.25) is 5.82 Å². The fourth-order valence-electron chi connectivity index (χ4n) is 2.86. The van der Waals surface area contributed by atoms with E-state index in [4.69, 9.17) is 0 Å². The zero-order valence-corrected chi connectivity index (χ0v) is 12.3. The minimum atomic E-state index is -0.323. The van der Waals surface area contributed by atoms with E-state index in [0.29, 0.717) is 17.8 Å². The number of piperidine rings is 1. The Hall–Kier alpha value is -1.65. The molecule has 5 nitrogen and oxygen atoms in total. The summed E-state index contributed by atoms with van der Waals surface area (Å²) in [6.07, 6.45) is 7.30. The number of hydrogen-bond acceptors (Lipinski definition) is 4. The van der Waals surface area contributed by atoms with Gasteiger partial charge >= 0.3 is 5.69 Å². The Morgan fingerprint density at radius 2 is 2.30 bits per heavy atom. The van der Waals surface area contributed by atoms with E-state index in [1.165, 1.54) is 6.42 Å². The van der Waals surface area contributed by atoms with Crippen molar-refractivity contribution in [1.29, 1.82) is 0 Å². The Bertz CT molecular complexity index is 462. The molecule has 0 bridgehead atoms. The molecular formula is C15H23N3O2. The lowest BCUT2D eigenvalue weighted by Gasteiger charge is -2.36. The van der Waals surface area contributed by atoms with Crippen molar-refractivity contribution in [3.8, 4) is 0 Å². The largest absolute Gasteiger partial charge is 0.348 e. The highest BCUT2D eigenvalue weighted by molar-refractivity contribution is 5.58. The van der Waals surface area contributed by atoms with Gasteiger partial charge in [-0.15, -0.1) is 0 Å². The molecule has 1 aliphatic rings. The number of rotatable bonds is 5. The molecule has 1 aliphatic heterocycles. The summed E-state index contributed by atoms with van der Waals surface area (Å²) in [5.41, 5.74) is 0.129. The molecule has 0 spiro atoms. The molecule has 1 atom stereocenters. The summed E-state index contributed by atoms with van der Waals surface area (Å²) >= 11 is 0. The monoisotopic (exact) mass is 277 g/mol. The molecular weight excluding hydrogens is 254 g/mol. The van der Waals surface area contributed by atoms with Gasteiger partial charge in [0.15, 0.2) is 0 Å². The highest BCUT2D eigenvalue weighted by Gasteiger charge is 2.28. The molecule has 2 heterocycles. The molecule has 1 saturated heterocycles. The van der Waals surface area contributed by atoms with Gasteiger partial charge in [-0.1, -0.05) is 13.8 Å². The van der Waals surface area contributed by atoms with Crippen LogP contribution < -0.4 is 4.90 Å². The van der Waals surface area contributed by atoms with Crippen molar-refractivity contribution in [1.82, 2.24) is 4.98 Å². The molecule has 110 valence electrons. The molecule has 0 saturated carbocycles. The second kappa shape index (κ2) is 6.68. The predicted molar refractivity (Wildman–Crippen MR) is 79.9 cm³/mol. The fourth-order valence-corrected chi connectivity index (χ4v) is 2.86. The Morgan fingerprint density at radius 1 is 1.50 bits per heavy atom. The van der Waals surface area contributed by atoms with Gasteiger partial charge in [0.25, 0.3) is 0 Å². The maximum absolute atomic E-state index is 11.2. The zero-order valence-electron chi connectivity index (χ0n) is 12.3. The summed E-state index contributed by atoms with van der Waals surface area (Å²) < 4.78 is 0. The van der Waals surface area contributed by atoms with Gasteiger partial charge in [0.05, 0.1) is 4.92 Å². The fraction of sp³-hybridized carbons (Fsp3) is 0.667. The van der Waals surface area contributed by atoms with Gasteiger partial charge in [-0.2, -0.15) is 0 Å². The van der Waals surface area contributed by atoms with Crippen LogP contribution in [0.4, 0.5) is 11.5 Å². The second-order valence-electron chi connectivity index (χ2n) is 5.92. The lowest BCUT2D eigenvalue weighted by atomic mass is 9.94. The topological polar surface area (TPSA) is 59.3 Å².